The molecule has 2 N–H and O–H groups in total. The molecule has 4 heteroatoms. The number of hydrogen-bond acceptors (Lipinski definition) is 2. The molecule has 1 aromatic heterocycles. The Morgan fingerprint density at radius 2 is 2.28 bits per heavy atom. The van der Waals surface area contributed by atoms with Gasteiger partial charge in [-0.15, -0.1) is 0 Å². The SMILES string of the molecule is CCCCC(CC)C(=O)NCCCc1ncc[nH]1. The second kappa shape index (κ2) is 8.72. The fourth-order valence-corrected chi connectivity index (χ4v) is 2.02. The lowest BCUT2D eigenvalue weighted by Gasteiger charge is -2.14. The fourth-order valence-electron chi connectivity index (χ4n) is 2.02. The van der Waals surface area contributed by atoms with Crippen LogP contribution in [-0.4, -0.2) is 22.4 Å². The van der Waals surface area contributed by atoms with Crippen molar-refractivity contribution in [3.8, 4) is 0 Å². The van der Waals surface area contributed by atoms with Gasteiger partial charge in [-0.3, -0.25) is 4.79 Å². The molecule has 1 rings (SSSR count). The Kier molecular flexibility index (Phi) is 7.14. The van der Waals surface area contributed by atoms with Gasteiger partial charge < -0.3 is 10.3 Å². The summed E-state index contributed by atoms with van der Waals surface area (Å²) in [5.74, 6) is 1.39. The zero-order valence-corrected chi connectivity index (χ0v) is 11.5. The summed E-state index contributed by atoms with van der Waals surface area (Å²) in [6.07, 6.45) is 9.64. The Morgan fingerprint density at radius 3 is 2.89 bits per heavy atom. The summed E-state index contributed by atoms with van der Waals surface area (Å²) in [4.78, 5) is 19.1. The molecule has 0 aromatic carbocycles. The molecule has 0 spiro atoms. The number of nitrogens with zero attached hydrogens (tertiary/aromatic N) is 1. The first-order valence-corrected chi connectivity index (χ1v) is 7.03. The number of aromatic amines is 1. The van der Waals surface area contributed by atoms with Gasteiger partial charge in [0, 0.05) is 31.3 Å². The van der Waals surface area contributed by atoms with Gasteiger partial charge in [0.25, 0.3) is 0 Å². The maximum absolute atomic E-state index is 11.9. The lowest BCUT2D eigenvalue weighted by atomic mass is 9.98. The molecule has 1 aromatic rings. The van der Waals surface area contributed by atoms with Gasteiger partial charge in [0.1, 0.15) is 5.82 Å². The minimum atomic E-state index is 0.188. The number of nitrogens with one attached hydrogen (secondary N) is 2. The highest BCUT2D eigenvalue weighted by atomic mass is 16.1. The Labute approximate surface area is 110 Å². The number of aryl methyl sites for hydroxylation is 1. The van der Waals surface area contributed by atoms with Crippen molar-refractivity contribution in [1.29, 1.82) is 0 Å². The highest BCUT2D eigenvalue weighted by Gasteiger charge is 2.14. The molecule has 0 bridgehead atoms. The Hall–Kier alpha value is -1.32. The molecule has 4 nitrogen and oxygen atoms in total. The first-order valence-electron chi connectivity index (χ1n) is 7.03. The van der Waals surface area contributed by atoms with Crippen molar-refractivity contribution in [2.75, 3.05) is 6.54 Å². The number of H-pyrrole nitrogens is 1. The highest BCUT2D eigenvalue weighted by Crippen LogP contribution is 2.12. The first kappa shape index (κ1) is 14.7. The molecule has 0 radical (unpaired) electrons. The fraction of sp³-hybridized carbons (Fsp3) is 0.714. The average molecular weight is 251 g/mol. The summed E-state index contributed by atoms with van der Waals surface area (Å²) in [6.45, 7) is 4.99. The molecule has 1 atom stereocenters. The van der Waals surface area contributed by atoms with E-state index in [0.29, 0.717) is 0 Å². The van der Waals surface area contributed by atoms with Crippen LogP contribution < -0.4 is 5.32 Å². The molecule has 18 heavy (non-hydrogen) atoms. The minimum Gasteiger partial charge on any atom is -0.356 e. The molecule has 1 heterocycles. The molecule has 0 aliphatic carbocycles. The van der Waals surface area contributed by atoms with Gasteiger partial charge in [-0.2, -0.15) is 0 Å². The predicted molar refractivity (Wildman–Crippen MR) is 73.2 cm³/mol. The van der Waals surface area contributed by atoms with Gasteiger partial charge in [0.2, 0.25) is 5.91 Å². The molecule has 0 fully saturated rings. The van der Waals surface area contributed by atoms with Crippen molar-refractivity contribution in [2.24, 2.45) is 5.92 Å². The average Bonchev–Trinajstić information content (AvgIpc) is 2.88. The zero-order chi connectivity index (χ0) is 13.2. The number of hydrogen-bond donors (Lipinski definition) is 2. The Balaban J connectivity index is 2.14. The molecule has 102 valence electrons. The number of carbonyl (C=O) groups excluding carboxylic acids is 1. The molecule has 0 saturated carbocycles. The maximum atomic E-state index is 11.9. The van der Waals surface area contributed by atoms with Gasteiger partial charge in [0.05, 0.1) is 0 Å². The smallest absolute Gasteiger partial charge is 0.223 e. The van der Waals surface area contributed by atoms with E-state index in [1.807, 2.05) is 6.20 Å². The molecule has 0 aliphatic heterocycles. The standard InChI is InChI=1S/C14H25N3O/c1-3-5-7-12(4-2)14(18)17-9-6-8-13-15-10-11-16-13/h10-12H,3-9H2,1-2H3,(H,15,16)(H,17,18). The van der Waals surface area contributed by atoms with Gasteiger partial charge in [-0.25, -0.2) is 4.98 Å². The quantitative estimate of drug-likeness (QED) is 0.663. The van der Waals surface area contributed by atoms with Gasteiger partial charge in [-0.1, -0.05) is 26.7 Å². The van der Waals surface area contributed by atoms with Crippen molar-refractivity contribution in [2.45, 2.75) is 52.4 Å². The monoisotopic (exact) mass is 251 g/mol. The van der Waals surface area contributed by atoms with Crippen molar-refractivity contribution >= 4 is 5.91 Å². The summed E-state index contributed by atoms with van der Waals surface area (Å²) >= 11 is 0. The number of amides is 1. The molecular formula is C14H25N3O. The first-order chi connectivity index (χ1) is 8.77. The van der Waals surface area contributed by atoms with E-state index in [4.69, 9.17) is 0 Å². The summed E-state index contributed by atoms with van der Waals surface area (Å²) < 4.78 is 0. The van der Waals surface area contributed by atoms with Gasteiger partial charge in [0.15, 0.2) is 0 Å². The van der Waals surface area contributed by atoms with Crippen LogP contribution in [0.4, 0.5) is 0 Å². The molecular weight excluding hydrogens is 226 g/mol. The number of unbranched alkanes of at least 4 members (excludes halogenated alkanes) is 1. The largest absolute Gasteiger partial charge is 0.356 e. The van der Waals surface area contributed by atoms with Crippen LogP contribution in [0.1, 0.15) is 51.8 Å². The third-order valence-corrected chi connectivity index (χ3v) is 3.21. The summed E-state index contributed by atoms with van der Waals surface area (Å²) in [5, 5.41) is 3.02. The van der Waals surface area contributed by atoms with Crippen LogP contribution in [0.25, 0.3) is 0 Å². The van der Waals surface area contributed by atoms with Crippen LogP contribution in [0.15, 0.2) is 12.4 Å². The number of carbonyl (C=O) groups is 1. The van der Waals surface area contributed by atoms with Gasteiger partial charge >= 0.3 is 0 Å². The van der Waals surface area contributed by atoms with E-state index in [2.05, 4.69) is 29.1 Å². The van der Waals surface area contributed by atoms with Crippen LogP contribution >= 0.6 is 0 Å². The number of aromatic nitrogens is 2. The molecule has 0 saturated heterocycles. The maximum Gasteiger partial charge on any atom is 0.223 e. The minimum absolute atomic E-state index is 0.188. The van der Waals surface area contributed by atoms with E-state index in [1.165, 1.54) is 0 Å². The lowest BCUT2D eigenvalue weighted by Crippen LogP contribution is -2.31. The van der Waals surface area contributed by atoms with Crippen LogP contribution in [0.3, 0.4) is 0 Å². The topological polar surface area (TPSA) is 57.8 Å². The van der Waals surface area contributed by atoms with E-state index < -0.39 is 0 Å². The zero-order valence-electron chi connectivity index (χ0n) is 11.5. The molecule has 1 unspecified atom stereocenters. The van der Waals surface area contributed by atoms with Crippen molar-refractivity contribution in [3.63, 3.8) is 0 Å². The lowest BCUT2D eigenvalue weighted by molar-refractivity contribution is -0.125. The Bertz CT molecular complexity index is 322. The van der Waals surface area contributed by atoms with E-state index in [1.54, 1.807) is 6.20 Å². The van der Waals surface area contributed by atoms with Gasteiger partial charge in [-0.05, 0) is 19.3 Å². The summed E-state index contributed by atoms with van der Waals surface area (Å²) in [6, 6.07) is 0. The van der Waals surface area contributed by atoms with E-state index in [9.17, 15) is 4.79 Å². The van der Waals surface area contributed by atoms with E-state index >= 15 is 0 Å². The summed E-state index contributed by atoms with van der Waals surface area (Å²) in [5.41, 5.74) is 0. The van der Waals surface area contributed by atoms with Crippen LogP contribution in [0, 0.1) is 5.92 Å². The highest BCUT2D eigenvalue weighted by molar-refractivity contribution is 5.78. The molecule has 1 amide bonds. The number of imidazole rings is 1. The third-order valence-electron chi connectivity index (χ3n) is 3.21. The van der Waals surface area contributed by atoms with E-state index in [-0.39, 0.29) is 11.8 Å². The van der Waals surface area contributed by atoms with Crippen LogP contribution in [-0.2, 0) is 11.2 Å². The normalized spacial score (nSPS) is 12.3. The second-order valence-corrected chi connectivity index (χ2v) is 4.68. The number of rotatable bonds is 9. The van der Waals surface area contributed by atoms with Crippen molar-refractivity contribution < 1.29 is 4.79 Å². The van der Waals surface area contributed by atoms with E-state index in [0.717, 1.165) is 50.9 Å². The van der Waals surface area contributed by atoms with Crippen LogP contribution in [0.2, 0.25) is 0 Å². The molecule has 0 aliphatic rings. The summed E-state index contributed by atoms with van der Waals surface area (Å²) in [7, 11) is 0. The third kappa shape index (κ3) is 5.34. The van der Waals surface area contributed by atoms with Crippen LogP contribution in [0.5, 0.6) is 0 Å². The Morgan fingerprint density at radius 1 is 1.44 bits per heavy atom. The second-order valence-electron chi connectivity index (χ2n) is 4.68. The van der Waals surface area contributed by atoms with Crippen molar-refractivity contribution in [3.05, 3.63) is 18.2 Å². The predicted octanol–water partition coefficient (Wildman–Crippen LogP) is 2.67. The van der Waals surface area contributed by atoms with Crippen molar-refractivity contribution in [1.82, 2.24) is 15.3 Å².